The fraction of sp³-hybridized carbons (Fsp3) is 0.600. The third kappa shape index (κ3) is 4.30. The number of hydrogen-bond donors (Lipinski definition) is 3. The fourth-order valence-corrected chi connectivity index (χ4v) is 2.49. The van der Waals surface area contributed by atoms with Gasteiger partial charge in [-0.1, -0.05) is 0 Å². The summed E-state index contributed by atoms with van der Waals surface area (Å²) in [5, 5.41) is 5.52. The van der Waals surface area contributed by atoms with Gasteiger partial charge in [0.2, 0.25) is 0 Å². The second-order valence-corrected chi connectivity index (χ2v) is 6.35. The number of esters is 1. The van der Waals surface area contributed by atoms with E-state index in [2.05, 4.69) is 14.9 Å². The number of H-pyrrole nitrogens is 1. The molecule has 0 radical (unpaired) electrons. The van der Waals surface area contributed by atoms with Crippen LogP contribution < -0.4 is 10.5 Å². The average Bonchev–Trinajstić information content (AvgIpc) is 2.75. The minimum atomic E-state index is -3.89. The van der Waals surface area contributed by atoms with Gasteiger partial charge in [-0.2, -0.15) is 5.10 Å². The van der Waals surface area contributed by atoms with Crippen LogP contribution in [0.5, 0.6) is 0 Å². The first-order chi connectivity index (χ1) is 8.67. The second kappa shape index (κ2) is 5.68. The number of nitrogens with zero attached hydrogens (tertiary/aromatic N) is 1. The molecule has 0 aliphatic carbocycles. The molecule has 0 bridgehead atoms. The summed E-state index contributed by atoms with van der Waals surface area (Å²) in [5.41, 5.74) is 4.85. The summed E-state index contributed by atoms with van der Waals surface area (Å²) in [6, 6.07) is 0. The number of rotatable bonds is 6. The van der Waals surface area contributed by atoms with E-state index in [9.17, 15) is 13.2 Å². The first kappa shape index (κ1) is 15.6. The van der Waals surface area contributed by atoms with E-state index >= 15 is 0 Å². The SMILES string of the molecule is CCOC(=O)c1cn[nH]c1S(=O)(=O)NCC(C)(C)N. The van der Waals surface area contributed by atoms with Gasteiger partial charge in [-0.05, 0) is 20.8 Å². The third-order valence-corrected chi connectivity index (χ3v) is 3.46. The van der Waals surface area contributed by atoms with Gasteiger partial charge >= 0.3 is 5.97 Å². The molecule has 0 amide bonds. The van der Waals surface area contributed by atoms with Crippen molar-refractivity contribution < 1.29 is 17.9 Å². The van der Waals surface area contributed by atoms with Crippen molar-refractivity contribution in [3.63, 3.8) is 0 Å². The van der Waals surface area contributed by atoms with Crippen LogP contribution in [0.4, 0.5) is 0 Å². The number of sulfonamides is 1. The van der Waals surface area contributed by atoms with E-state index in [1.165, 1.54) is 0 Å². The molecule has 1 rings (SSSR count). The number of carbonyl (C=O) groups is 1. The lowest BCUT2D eigenvalue weighted by atomic mass is 10.1. The van der Waals surface area contributed by atoms with Gasteiger partial charge in [0.25, 0.3) is 10.0 Å². The molecular formula is C10H18N4O4S. The van der Waals surface area contributed by atoms with Crippen LogP contribution in [0, 0.1) is 0 Å². The van der Waals surface area contributed by atoms with Crippen LogP contribution in [0.2, 0.25) is 0 Å². The predicted molar refractivity (Wildman–Crippen MR) is 68.0 cm³/mol. The molecule has 0 unspecified atom stereocenters. The molecule has 19 heavy (non-hydrogen) atoms. The number of aromatic amines is 1. The quantitative estimate of drug-likeness (QED) is 0.612. The van der Waals surface area contributed by atoms with E-state index in [1.54, 1.807) is 20.8 Å². The third-order valence-electron chi connectivity index (χ3n) is 2.09. The molecule has 1 aromatic heterocycles. The number of aromatic nitrogens is 2. The topological polar surface area (TPSA) is 127 Å². The summed E-state index contributed by atoms with van der Waals surface area (Å²) in [6.45, 7) is 5.15. The van der Waals surface area contributed by atoms with Gasteiger partial charge in [0.05, 0.1) is 12.8 Å². The summed E-state index contributed by atoms with van der Waals surface area (Å²) in [6.07, 6.45) is 1.11. The maximum atomic E-state index is 12.0. The highest BCUT2D eigenvalue weighted by Gasteiger charge is 2.27. The second-order valence-electron chi connectivity index (χ2n) is 4.65. The Morgan fingerprint density at radius 2 is 2.21 bits per heavy atom. The van der Waals surface area contributed by atoms with E-state index in [1.807, 2.05) is 0 Å². The van der Waals surface area contributed by atoms with Crippen molar-refractivity contribution in [2.75, 3.05) is 13.2 Å². The highest BCUT2D eigenvalue weighted by molar-refractivity contribution is 7.89. The van der Waals surface area contributed by atoms with Crippen molar-refractivity contribution in [3.8, 4) is 0 Å². The minimum absolute atomic E-state index is 0.0244. The van der Waals surface area contributed by atoms with Crippen molar-refractivity contribution in [1.82, 2.24) is 14.9 Å². The molecule has 1 heterocycles. The molecule has 0 aromatic carbocycles. The number of carbonyl (C=O) groups excluding carboxylic acids is 1. The van der Waals surface area contributed by atoms with Gasteiger partial charge in [0, 0.05) is 12.1 Å². The average molecular weight is 290 g/mol. The van der Waals surface area contributed by atoms with Crippen molar-refractivity contribution >= 4 is 16.0 Å². The van der Waals surface area contributed by atoms with Gasteiger partial charge in [-0.3, -0.25) is 5.10 Å². The summed E-state index contributed by atoms with van der Waals surface area (Å²) < 4.78 is 31.1. The molecule has 4 N–H and O–H groups in total. The Labute approximate surface area is 111 Å². The summed E-state index contributed by atoms with van der Waals surface area (Å²) in [5.74, 6) is -0.747. The van der Waals surface area contributed by atoms with Crippen molar-refractivity contribution in [2.24, 2.45) is 5.73 Å². The van der Waals surface area contributed by atoms with Crippen LogP contribution >= 0.6 is 0 Å². The van der Waals surface area contributed by atoms with Crippen molar-refractivity contribution in [3.05, 3.63) is 11.8 Å². The van der Waals surface area contributed by atoms with E-state index in [-0.39, 0.29) is 23.7 Å². The number of nitrogens with one attached hydrogen (secondary N) is 2. The lowest BCUT2D eigenvalue weighted by molar-refractivity contribution is 0.0522. The number of hydrogen-bond acceptors (Lipinski definition) is 6. The molecule has 0 atom stereocenters. The van der Waals surface area contributed by atoms with Gasteiger partial charge in [0.1, 0.15) is 5.56 Å². The minimum Gasteiger partial charge on any atom is -0.462 e. The molecular weight excluding hydrogens is 272 g/mol. The molecule has 9 heteroatoms. The Hall–Kier alpha value is -1.45. The molecule has 8 nitrogen and oxygen atoms in total. The zero-order valence-electron chi connectivity index (χ0n) is 11.1. The lowest BCUT2D eigenvalue weighted by Gasteiger charge is -2.18. The Bertz CT molecular complexity index is 544. The zero-order chi connectivity index (χ0) is 14.7. The van der Waals surface area contributed by atoms with Crippen molar-refractivity contribution in [1.29, 1.82) is 0 Å². The first-order valence-corrected chi connectivity index (χ1v) is 7.15. The van der Waals surface area contributed by atoms with Crippen LogP contribution in [-0.4, -0.2) is 43.3 Å². The molecule has 0 aliphatic heterocycles. The van der Waals surface area contributed by atoms with E-state index in [0.717, 1.165) is 6.20 Å². The monoisotopic (exact) mass is 290 g/mol. The summed E-state index contributed by atoms with van der Waals surface area (Å²) >= 11 is 0. The van der Waals surface area contributed by atoms with E-state index < -0.39 is 21.5 Å². The predicted octanol–water partition coefficient (Wildman–Crippen LogP) is -0.398. The highest BCUT2D eigenvalue weighted by atomic mass is 32.2. The molecule has 1 aromatic rings. The van der Waals surface area contributed by atoms with Gasteiger partial charge < -0.3 is 10.5 Å². The van der Waals surface area contributed by atoms with Gasteiger partial charge in [-0.25, -0.2) is 17.9 Å². The Kier molecular flexibility index (Phi) is 4.66. The molecule has 0 spiro atoms. The maximum Gasteiger partial charge on any atom is 0.342 e. The zero-order valence-corrected chi connectivity index (χ0v) is 11.9. The van der Waals surface area contributed by atoms with Crippen LogP contribution in [0.1, 0.15) is 31.1 Å². The standard InChI is InChI=1S/C10H18N4O4S/c1-4-18-9(15)7-5-12-14-8(7)19(16,17)13-6-10(2,3)11/h5,13H,4,6,11H2,1-3H3,(H,12,14). The summed E-state index contributed by atoms with van der Waals surface area (Å²) in [4.78, 5) is 11.6. The molecule has 0 saturated heterocycles. The molecule has 0 fully saturated rings. The van der Waals surface area contributed by atoms with Crippen LogP contribution in [-0.2, 0) is 14.8 Å². The van der Waals surface area contributed by atoms with E-state index in [4.69, 9.17) is 10.5 Å². The number of ether oxygens (including phenoxy) is 1. The van der Waals surface area contributed by atoms with Crippen LogP contribution in [0.25, 0.3) is 0 Å². The molecule has 0 aliphatic rings. The lowest BCUT2D eigenvalue weighted by Crippen LogP contribution is -2.45. The Morgan fingerprint density at radius 1 is 1.58 bits per heavy atom. The largest absolute Gasteiger partial charge is 0.462 e. The van der Waals surface area contributed by atoms with Gasteiger partial charge in [0.15, 0.2) is 5.03 Å². The smallest absolute Gasteiger partial charge is 0.342 e. The van der Waals surface area contributed by atoms with Crippen molar-refractivity contribution in [2.45, 2.75) is 31.3 Å². The fourth-order valence-electron chi connectivity index (χ4n) is 1.19. The highest BCUT2D eigenvalue weighted by Crippen LogP contribution is 2.13. The normalized spacial score (nSPS) is 12.4. The Balaban J connectivity index is 2.97. The summed E-state index contributed by atoms with van der Waals surface area (Å²) in [7, 11) is -3.89. The van der Waals surface area contributed by atoms with Crippen LogP contribution in [0.3, 0.4) is 0 Å². The van der Waals surface area contributed by atoms with Crippen LogP contribution in [0.15, 0.2) is 11.2 Å². The number of nitrogens with two attached hydrogens (primary N) is 1. The molecule has 0 saturated carbocycles. The molecule has 108 valence electrons. The maximum absolute atomic E-state index is 12.0. The van der Waals surface area contributed by atoms with Gasteiger partial charge in [-0.15, -0.1) is 0 Å². The Morgan fingerprint density at radius 3 is 2.74 bits per heavy atom. The van der Waals surface area contributed by atoms with E-state index in [0.29, 0.717) is 0 Å². The first-order valence-electron chi connectivity index (χ1n) is 5.66.